The highest BCUT2D eigenvalue weighted by Gasteiger charge is 2.12. The number of nitrogens with one attached hydrogen (secondary N) is 1. The number of nitrogens with zero attached hydrogens (tertiary/aromatic N) is 5. The molecule has 0 spiro atoms. The van der Waals surface area contributed by atoms with Crippen LogP contribution in [-0.4, -0.2) is 43.0 Å². The summed E-state index contributed by atoms with van der Waals surface area (Å²) in [5.74, 6) is -0.400. The highest BCUT2D eigenvalue weighted by Crippen LogP contribution is 2.17. The maximum Gasteiger partial charge on any atom is 0.244 e. The van der Waals surface area contributed by atoms with Crippen LogP contribution in [0.2, 0.25) is 0 Å². The molecule has 3 rings (SSSR count). The van der Waals surface area contributed by atoms with Gasteiger partial charge in [0, 0.05) is 23.6 Å². The van der Waals surface area contributed by atoms with Gasteiger partial charge in [0.15, 0.2) is 0 Å². The Bertz CT molecular complexity index is 766. The molecule has 0 radical (unpaired) electrons. The molecule has 8 heteroatoms. The van der Waals surface area contributed by atoms with Gasteiger partial charge in [-0.25, -0.2) is 9.07 Å². The third kappa shape index (κ3) is 2.88. The van der Waals surface area contributed by atoms with Gasteiger partial charge in [-0.2, -0.15) is 0 Å². The molecular formula is C13H13FN6O. The highest BCUT2D eigenvalue weighted by atomic mass is 19.1. The van der Waals surface area contributed by atoms with Gasteiger partial charge < -0.3 is 9.88 Å². The summed E-state index contributed by atoms with van der Waals surface area (Å²) in [7, 11) is 1.69. The number of likely N-dealkylation sites (N-methyl/N-ethyl adjacent to an activating group) is 1. The molecule has 21 heavy (non-hydrogen) atoms. The lowest BCUT2D eigenvalue weighted by Gasteiger charge is -2.15. The van der Waals surface area contributed by atoms with E-state index in [1.54, 1.807) is 18.0 Å². The first-order chi connectivity index (χ1) is 10.1. The number of benzene rings is 1. The van der Waals surface area contributed by atoms with Crippen molar-refractivity contribution in [2.45, 2.75) is 13.1 Å². The van der Waals surface area contributed by atoms with E-state index in [-0.39, 0.29) is 18.3 Å². The van der Waals surface area contributed by atoms with E-state index >= 15 is 0 Å². The van der Waals surface area contributed by atoms with Gasteiger partial charge in [0.1, 0.15) is 18.7 Å². The average molecular weight is 288 g/mol. The van der Waals surface area contributed by atoms with E-state index < -0.39 is 0 Å². The second kappa shape index (κ2) is 5.31. The lowest BCUT2D eigenvalue weighted by atomic mass is 10.2. The van der Waals surface area contributed by atoms with Crippen molar-refractivity contribution in [3.8, 4) is 0 Å². The number of aromatic amines is 1. The zero-order chi connectivity index (χ0) is 14.8. The Kier molecular flexibility index (Phi) is 3.35. The fraction of sp³-hybridized carbons (Fsp3) is 0.231. The molecule has 0 unspecified atom stereocenters. The smallest absolute Gasteiger partial charge is 0.244 e. The lowest BCUT2D eigenvalue weighted by Crippen LogP contribution is -2.30. The lowest BCUT2D eigenvalue weighted by molar-refractivity contribution is -0.131. The Hall–Kier alpha value is -2.77. The van der Waals surface area contributed by atoms with Gasteiger partial charge >= 0.3 is 0 Å². The van der Waals surface area contributed by atoms with E-state index in [9.17, 15) is 9.18 Å². The van der Waals surface area contributed by atoms with Gasteiger partial charge in [0.2, 0.25) is 5.91 Å². The summed E-state index contributed by atoms with van der Waals surface area (Å²) < 4.78 is 14.5. The van der Waals surface area contributed by atoms with Gasteiger partial charge in [-0.15, -0.1) is 5.10 Å². The topological polar surface area (TPSA) is 79.7 Å². The number of carbonyl (C=O) groups excluding carboxylic acids is 1. The van der Waals surface area contributed by atoms with E-state index in [0.717, 1.165) is 16.6 Å². The third-order valence-corrected chi connectivity index (χ3v) is 3.16. The number of hydrogen-bond acceptors (Lipinski definition) is 4. The third-order valence-electron chi connectivity index (χ3n) is 3.16. The van der Waals surface area contributed by atoms with E-state index in [1.807, 2.05) is 6.07 Å². The summed E-state index contributed by atoms with van der Waals surface area (Å²) in [6.07, 6.45) is 1.39. The molecule has 2 aromatic heterocycles. The Morgan fingerprint density at radius 2 is 2.29 bits per heavy atom. The number of aromatic nitrogens is 5. The van der Waals surface area contributed by atoms with Crippen LogP contribution >= 0.6 is 0 Å². The van der Waals surface area contributed by atoms with Crippen LogP contribution in [0.5, 0.6) is 0 Å². The number of halogens is 1. The summed E-state index contributed by atoms with van der Waals surface area (Å²) in [5, 5.41) is 11.4. The quantitative estimate of drug-likeness (QED) is 0.775. The number of hydrogen-bond donors (Lipinski definition) is 1. The average Bonchev–Trinajstić information content (AvgIpc) is 3.07. The Morgan fingerprint density at radius 3 is 3.05 bits per heavy atom. The second-order valence-corrected chi connectivity index (χ2v) is 4.78. The number of fused-ring (bicyclic) bond motifs is 1. The summed E-state index contributed by atoms with van der Waals surface area (Å²) in [5.41, 5.74) is 1.68. The number of H-pyrrole nitrogens is 1. The molecule has 0 atom stereocenters. The van der Waals surface area contributed by atoms with Crippen LogP contribution in [0.4, 0.5) is 4.39 Å². The molecule has 0 aliphatic heterocycles. The maximum absolute atomic E-state index is 13.1. The Balaban J connectivity index is 1.70. The molecule has 0 aliphatic carbocycles. The van der Waals surface area contributed by atoms with Crippen molar-refractivity contribution >= 4 is 16.8 Å². The van der Waals surface area contributed by atoms with Gasteiger partial charge in [0.05, 0.1) is 6.54 Å². The molecule has 0 bridgehead atoms. The molecule has 3 aromatic rings. The van der Waals surface area contributed by atoms with Crippen LogP contribution in [0.3, 0.4) is 0 Å². The zero-order valence-electron chi connectivity index (χ0n) is 11.3. The number of rotatable bonds is 4. The van der Waals surface area contributed by atoms with Crippen LogP contribution in [0, 0.1) is 5.82 Å². The SMILES string of the molecule is CN(Cc1cc2cc(F)ccc2[nH]1)C(=O)Cn1cnnn1. The molecule has 1 N–H and O–H groups in total. The van der Waals surface area contributed by atoms with Gasteiger partial charge in [-0.1, -0.05) is 0 Å². The van der Waals surface area contributed by atoms with Crippen LogP contribution in [0.25, 0.3) is 10.9 Å². The minimum Gasteiger partial charge on any atom is -0.357 e. The first-order valence-electron chi connectivity index (χ1n) is 6.34. The van der Waals surface area contributed by atoms with E-state index in [1.165, 1.54) is 23.1 Å². The second-order valence-electron chi connectivity index (χ2n) is 4.78. The largest absolute Gasteiger partial charge is 0.357 e. The normalized spacial score (nSPS) is 11.0. The molecule has 0 saturated carbocycles. The fourth-order valence-electron chi connectivity index (χ4n) is 2.10. The zero-order valence-corrected chi connectivity index (χ0v) is 11.3. The van der Waals surface area contributed by atoms with E-state index in [0.29, 0.717) is 6.54 Å². The predicted octanol–water partition coefficient (Wildman–Crippen LogP) is 0.952. The van der Waals surface area contributed by atoms with Crippen molar-refractivity contribution < 1.29 is 9.18 Å². The van der Waals surface area contributed by atoms with Gasteiger partial charge in [-0.05, 0) is 34.7 Å². The molecular weight excluding hydrogens is 275 g/mol. The molecule has 1 amide bonds. The predicted molar refractivity (Wildman–Crippen MR) is 72.5 cm³/mol. The first kappa shape index (κ1) is 13.2. The Labute approximate surface area is 119 Å². The van der Waals surface area contributed by atoms with Crippen LogP contribution in [0.15, 0.2) is 30.6 Å². The Morgan fingerprint density at radius 1 is 1.43 bits per heavy atom. The van der Waals surface area contributed by atoms with Crippen molar-refractivity contribution in [3.05, 3.63) is 42.1 Å². The first-order valence-corrected chi connectivity index (χ1v) is 6.34. The fourth-order valence-corrected chi connectivity index (χ4v) is 2.10. The monoisotopic (exact) mass is 288 g/mol. The molecule has 108 valence electrons. The summed E-state index contributed by atoms with van der Waals surface area (Å²) in [6.45, 7) is 0.482. The molecule has 7 nitrogen and oxygen atoms in total. The molecule has 0 fully saturated rings. The van der Waals surface area contributed by atoms with Crippen molar-refractivity contribution in [2.24, 2.45) is 0 Å². The van der Waals surface area contributed by atoms with Gasteiger partial charge in [-0.3, -0.25) is 4.79 Å². The maximum atomic E-state index is 13.1. The van der Waals surface area contributed by atoms with E-state index in [4.69, 9.17) is 0 Å². The van der Waals surface area contributed by atoms with Crippen molar-refractivity contribution in [2.75, 3.05) is 7.05 Å². The number of carbonyl (C=O) groups is 1. The van der Waals surface area contributed by atoms with Crippen molar-refractivity contribution in [3.63, 3.8) is 0 Å². The number of amides is 1. The van der Waals surface area contributed by atoms with Crippen LogP contribution in [0.1, 0.15) is 5.69 Å². The van der Waals surface area contributed by atoms with Gasteiger partial charge in [0.25, 0.3) is 0 Å². The summed E-state index contributed by atoms with van der Waals surface area (Å²) >= 11 is 0. The molecule has 2 heterocycles. The number of tetrazole rings is 1. The van der Waals surface area contributed by atoms with E-state index in [2.05, 4.69) is 20.5 Å². The molecule has 0 saturated heterocycles. The molecule has 1 aromatic carbocycles. The minimum atomic E-state index is -0.281. The van der Waals surface area contributed by atoms with Crippen LogP contribution < -0.4 is 0 Å². The van der Waals surface area contributed by atoms with Crippen LogP contribution in [-0.2, 0) is 17.9 Å². The minimum absolute atomic E-state index is 0.0817. The van der Waals surface area contributed by atoms with Crippen molar-refractivity contribution in [1.29, 1.82) is 0 Å². The standard InChI is InChI=1S/C13H13FN6O/c1-19(13(21)7-20-8-15-17-18-20)6-11-5-9-4-10(14)2-3-12(9)16-11/h2-5,8,16H,6-7H2,1H3. The summed E-state index contributed by atoms with van der Waals surface area (Å²) in [4.78, 5) is 16.7. The van der Waals surface area contributed by atoms with Crippen molar-refractivity contribution in [1.82, 2.24) is 30.1 Å². The molecule has 0 aliphatic rings. The summed E-state index contributed by atoms with van der Waals surface area (Å²) in [6, 6.07) is 6.36. The highest BCUT2D eigenvalue weighted by molar-refractivity contribution is 5.81.